The van der Waals surface area contributed by atoms with Gasteiger partial charge in [0.25, 0.3) is 0 Å². The van der Waals surface area contributed by atoms with E-state index in [-0.39, 0.29) is 11.4 Å². The molecule has 3 heterocycles. The van der Waals surface area contributed by atoms with Gasteiger partial charge in [0, 0.05) is 42.3 Å². The van der Waals surface area contributed by atoms with Crippen molar-refractivity contribution in [3.8, 4) is 23.1 Å². The van der Waals surface area contributed by atoms with Crippen LogP contribution in [0.4, 0.5) is 5.82 Å². The maximum Gasteiger partial charge on any atom is 0.338 e. The fourth-order valence-corrected chi connectivity index (χ4v) is 3.72. The number of hydrogen-bond acceptors (Lipinski definition) is 6. The number of aryl methyl sites for hydroxylation is 1. The van der Waals surface area contributed by atoms with Gasteiger partial charge in [0.1, 0.15) is 5.82 Å². The van der Waals surface area contributed by atoms with E-state index in [1.54, 1.807) is 36.4 Å². The highest BCUT2D eigenvalue weighted by molar-refractivity contribution is 7.86. The number of rotatable bonds is 5. The minimum Gasteiger partial charge on any atom is -0.465 e. The Balaban J connectivity index is 1.62. The van der Waals surface area contributed by atoms with Gasteiger partial charge in [-0.3, -0.25) is 14.4 Å². The zero-order chi connectivity index (χ0) is 23.2. The predicted molar refractivity (Wildman–Crippen MR) is 124 cm³/mol. The quantitative estimate of drug-likeness (QED) is 0.365. The summed E-state index contributed by atoms with van der Waals surface area (Å²) in [6, 6.07) is 14.3. The van der Waals surface area contributed by atoms with Gasteiger partial charge in [-0.1, -0.05) is 24.0 Å². The van der Waals surface area contributed by atoms with Crippen molar-refractivity contribution in [1.29, 1.82) is 0 Å². The first kappa shape index (κ1) is 21.9. The molecule has 4 rings (SSSR count). The molecule has 1 N–H and O–H groups in total. The van der Waals surface area contributed by atoms with E-state index in [9.17, 15) is 9.00 Å². The molecule has 0 fully saturated rings. The number of carbonyl (C=O) groups excluding carboxylic acids is 1. The van der Waals surface area contributed by atoms with Gasteiger partial charge in [-0.15, -0.1) is 0 Å². The highest BCUT2D eigenvalue weighted by Gasteiger charge is 2.14. The summed E-state index contributed by atoms with van der Waals surface area (Å²) in [4.78, 5) is 21.3. The summed E-state index contributed by atoms with van der Waals surface area (Å²) in [6.45, 7) is 0. The zero-order valence-electron chi connectivity index (χ0n) is 17.9. The smallest absolute Gasteiger partial charge is 0.338 e. The third-order valence-corrected chi connectivity index (χ3v) is 5.57. The molecule has 0 amide bonds. The van der Waals surface area contributed by atoms with E-state index in [1.807, 2.05) is 36.4 Å². The number of aromatic nitrogens is 4. The van der Waals surface area contributed by atoms with Crippen molar-refractivity contribution in [1.82, 2.24) is 19.7 Å². The summed E-state index contributed by atoms with van der Waals surface area (Å²) < 4.78 is 21.9. The van der Waals surface area contributed by atoms with Crippen LogP contribution < -0.4 is 4.72 Å². The van der Waals surface area contributed by atoms with Crippen LogP contribution in [0, 0.1) is 11.8 Å². The van der Waals surface area contributed by atoms with Gasteiger partial charge in [0.15, 0.2) is 11.0 Å². The fraction of sp³-hybridized carbons (Fsp3) is 0.0833. The molecule has 0 saturated heterocycles. The first-order valence-electron chi connectivity index (χ1n) is 9.82. The molecule has 3 aromatic heterocycles. The summed E-state index contributed by atoms with van der Waals surface area (Å²) in [5.41, 5.74) is 3.22. The number of anilines is 1. The van der Waals surface area contributed by atoms with E-state index in [0.29, 0.717) is 10.6 Å². The van der Waals surface area contributed by atoms with Gasteiger partial charge in [-0.05, 0) is 36.4 Å². The van der Waals surface area contributed by atoms with Gasteiger partial charge in [-0.2, -0.15) is 5.10 Å². The summed E-state index contributed by atoms with van der Waals surface area (Å²) in [6.07, 6.45) is 6.54. The van der Waals surface area contributed by atoms with Crippen molar-refractivity contribution in [3.63, 3.8) is 0 Å². The number of pyridine rings is 2. The summed E-state index contributed by atoms with van der Waals surface area (Å²) in [5, 5.41) is 4.02. The Bertz CT molecular complexity index is 1370. The monoisotopic (exact) mass is 457 g/mol. The Kier molecular flexibility index (Phi) is 6.57. The maximum atomic E-state index is 12.6. The molecule has 8 nitrogen and oxygen atoms in total. The van der Waals surface area contributed by atoms with Crippen LogP contribution in [-0.2, 0) is 22.8 Å². The SMILES string of the molecule is COC(=O)c1cc(NS(=O)c2cnn(C)c2)nc(-c2ccc(C#Cc3cccnc3)cc2)c1. The molecule has 1 unspecified atom stereocenters. The zero-order valence-corrected chi connectivity index (χ0v) is 18.7. The molecule has 1 atom stereocenters. The molecule has 9 heteroatoms. The number of hydrogen-bond donors (Lipinski definition) is 1. The van der Waals surface area contributed by atoms with Gasteiger partial charge < -0.3 is 4.74 Å². The van der Waals surface area contributed by atoms with Crippen molar-refractivity contribution >= 4 is 22.8 Å². The van der Waals surface area contributed by atoms with Gasteiger partial charge in [0.05, 0.1) is 29.5 Å². The summed E-state index contributed by atoms with van der Waals surface area (Å²) >= 11 is 0. The number of nitrogens with zero attached hydrogens (tertiary/aromatic N) is 4. The van der Waals surface area contributed by atoms with E-state index in [1.165, 1.54) is 19.4 Å². The number of esters is 1. The number of carbonyl (C=O) groups is 1. The Labute approximate surface area is 193 Å². The third kappa shape index (κ3) is 5.50. The molecular weight excluding hydrogens is 438 g/mol. The normalized spacial score (nSPS) is 11.2. The van der Waals surface area contributed by atoms with Crippen molar-refractivity contribution in [3.05, 3.63) is 90.0 Å². The van der Waals surface area contributed by atoms with Gasteiger partial charge >= 0.3 is 5.97 Å². The second-order valence-corrected chi connectivity index (χ2v) is 8.12. The molecule has 4 aromatic rings. The number of nitrogens with one attached hydrogen (secondary N) is 1. The number of methoxy groups -OCH3 is 1. The predicted octanol–water partition coefficient (Wildman–Crippen LogP) is 3.20. The van der Waals surface area contributed by atoms with Gasteiger partial charge in [0.2, 0.25) is 0 Å². The second kappa shape index (κ2) is 9.89. The molecule has 1 aromatic carbocycles. The van der Waals surface area contributed by atoms with E-state index < -0.39 is 17.0 Å². The van der Waals surface area contributed by atoms with Crippen molar-refractivity contribution in [2.24, 2.45) is 7.05 Å². The van der Waals surface area contributed by atoms with Crippen LogP contribution in [-0.4, -0.2) is 37.0 Å². The average molecular weight is 458 g/mol. The minimum atomic E-state index is -1.60. The molecule has 33 heavy (non-hydrogen) atoms. The summed E-state index contributed by atoms with van der Waals surface area (Å²) in [7, 11) is 1.44. The highest BCUT2D eigenvalue weighted by atomic mass is 32.2. The Morgan fingerprint density at radius 1 is 1.09 bits per heavy atom. The van der Waals surface area contributed by atoms with Crippen molar-refractivity contribution < 1.29 is 13.7 Å². The maximum absolute atomic E-state index is 12.6. The first-order valence-corrected chi connectivity index (χ1v) is 11.0. The lowest BCUT2D eigenvalue weighted by Gasteiger charge is -2.09. The van der Waals surface area contributed by atoms with Crippen LogP contribution in [0.15, 0.2) is 78.2 Å². The molecule has 0 aliphatic heterocycles. The lowest BCUT2D eigenvalue weighted by atomic mass is 10.1. The minimum absolute atomic E-state index is 0.274. The Morgan fingerprint density at radius 2 is 1.88 bits per heavy atom. The van der Waals surface area contributed by atoms with Crippen LogP contribution in [0.25, 0.3) is 11.3 Å². The van der Waals surface area contributed by atoms with Crippen molar-refractivity contribution in [2.75, 3.05) is 11.8 Å². The molecule has 0 radical (unpaired) electrons. The van der Waals surface area contributed by atoms with E-state index in [2.05, 4.69) is 31.6 Å². The lowest BCUT2D eigenvalue weighted by molar-refractivity contribution is 0.0600. The molecule has 0 saturated carbocycles. The fourth-order valence-electron chi connectivity index (χ4n) is 2.92. The topological polar surface area (TPSA) is 99.0 Å². The van der Waals surface area contributed by atoms with Crippen LogP contribution in [0.2, 0.25) is 0 Å². The van der Waals surface area contributed by atoms with E-state index >= 15 is 0 Å². The summed E-state index contributed by atoms with van der Waals surface area (Å²) in [5.74, 6) is 5.90. The van der Waals surface area contributed by atoms with E-state index in [0.717, 1.165) is 16.7 Å². The molecule has 0 bridgehead atoms. The molecule has 0 spiro atoms. The van der Waals surface area contributed by atoms with Crippen molar-refractivity contribution in [2.45, 2.75) is 4.90 Å². The standard InChI is InChI=1S/C24H19N5O3S/c1-29-16-21(15-26-29)33(31)28-23-13-20(24(30)32-2)12-22(27-23)19-9-7-17(8-10-19)5-6-18-4-3-11-25-14-18/h3-4,7-16H,1-2H3,(H,27,28). The van der Waals surface area contributed by atoms with Crippen LogP contribution in [0.5, 0.6) is 0 Å². The average Bonchev–Trinajstić information content (AvgIpc) is 3.29. The van der Waals surface area contributed by atoms with Crippen LogP contribution in [0.1, 0.15) is 21.5 Å². The van der Waals surface area contributed by atoms with Crippen LogP contribution in [0.3, 0.4) is 0 Å². The largest absolute Gasteiger partial charge is 0.465 e. The Hall–Kier alpha value is -4.29. The third-order valence-electron chi connectivity index (χ3n) is 4.53. The number of ether oxygens (including phenoxy) is 1. The molecule has 164 valence electrons. The van der Waals surface area contributed by atoms with E-state index in [4.69, 9.17) is 4.74 Å². The molecule has 0 aliphatic rings. The number of benzene rings is 1. The van der Waals surface area contributed by atoms with Crippen LogP contribution >= 0.6 is 0 Å². The Morgan fingerprint density at radius 3 is 2.55 bits per heavy atom. The molecule has 0 aliphatic carbocycles. The lowest BCUT2D eigenvalue weighted by Crippen LogP contribution is -2.09. The van der Waals surface area contributed by atoms with Gasteiger partial charge in [-0.25, -0.2) is 14.0 Å². The second-order valence-electron chi connectivity index (χ2n) is 6.91. The first-order chi connectivity index (χ1) is 16.0. The highest BCUT2D eigenvalue weighted by Crippen LogP contribution is 2.23. The molecular formula is C24H19N5O3S.